The number of anilines is 1. The molecule has 3 nitrogen and oxygen atoms in total. The second kappa shape index (κ2) is 6.63. The zero-order valence-electron chi connectivity index (χ0n) is 13.2. The Balaban J connectivity index is 1.70. The maximum atomic E-state index is 5.42. The van der Waals surface area contributed by atoms with Gasteiger partial charge in [-0.25, -0.2) is 0 Å². The fourth-order valence-corrected chi connectivity index (χ4v) is 3.12. The molecule has 21 heavy (non-hydrogen) atoms. The molecule has 2 aliphatic rings. The van der Waals surface area contributed by atoms with Crippen molar-refractivity contribution in [2.24, 2.45) is 0 Å². The van der Waals surface area contributed by atoms with Crippen LogP contribution in [0.5, 0.6) is 0 Å². The monoisotopic (exact) mass is 286 g/mol. The summed E-state index contributed by atoms with van der Waals surface area (Å²) in [6.45, 7) is 10.5. The first-order chi connectivity index (χ1) is 10.2. The van der Waals surface area contributed by atoms with E-state index < -0.39 is 0 Å². The molecule has 3 heteroatoms. The van der Waals surface area contributed by atoms with Crippen molar-refractivity contribution in [1.29, 1.82) is 0 Å². The number of hydrogen-bond donors (Lipinski definition) is 0. The molecule has 0 unspecified atom stereocenters. The number of hydrogen-bond acceptors (Lipinski definition) is 3. The van der Waals surface area contributed by atoms with Crippen LogP contribution >= 0.6 is 0 Å². The average Bonchev–Trinajstić information content (AvgIpc) is 2.56. The smallest absolute Gasteiger partial charge is 0.0642 e. The van der Waals surface area contributed by atoms with Crippen LogP contribution in [0.2, 0.25) is 0 Å². The molecule has 0 amide bonds. The summed E-state index contributed by atoms with van der Waals surface area (Å²) in [5, 5.41) is 0. The van der Waals surface area contributed by atoms with E-state index in [0.717, 1.165) is 32.8 Å². The molecule has 1 aromatic carbocycles. The molecule has 1 aromatic rings. The Bertz CT molecular complexity index is 486. The molecule has 0 aromatic heterocycles. The van der Waals surface area contributed by atoms with Gasteiger partial charge < -0.3 is 9.64 Å². The first kappa shape index (κ1) is 14.6. The van der Waals surface area contributed by atoms with Gasteiger partial charge in [0, 0.05) is 37.9 Å². The minimum atomic E-state index is 0.626. The quantitative estimate of drug-likeness (QED) is 0.849. The summed E-state index contributed by atoms with van der Waals surface area (Å²) in [7, 11) is 0. The molecule has 0 atom stereocenters. The van der Waals surface area contributed by atoms with Gasteiger partial charge in [-0.15, -0.1) is 0 Å². The average molecular weight is 286 g/mol. The van der Waals surface area contributed by atoms with Crippen molar-refractivity contribution in [2.75, 3.05) is 44.3 Å². The molecule has 114 valence electrons. The molecule has 3 rings (SSSR count). The van der Waals surface area contributed by atoms with Gasteiger partial charge in [0.1, 0.15) is 0 Å². The van der Waals surface area contributed by atoms with Crippen molar-refractivity contribution >= 4 is 11.3 Å². The molecule has 0 radical (unpaired) electrons. The van der Waals surface area contributed by atoms with Gasteiger partial charge in [-0.1, -0.05) is 18.2 Å². The molecule has 1 saturated heterocycles. The summed E-state index contributed by atoms with van der Waals surface area (Å²) in [4.78, 5) is 4.95. The van der Waals surface area contributed by atoms with E-state index in [4.69, 9.17) is 4.74 Å². The molecule has 1 fully saturated rings. The van der Waals surface area contributed by atoms with Gasteiger partial charge in [-0.05, 0) is 43.5 Å². The largest absolute Gasteiger partial charge is 0.378 e. The van der Waals surface area contributed by atoms with Crippen LogP contribution in [0, 0.1) is 0 Å². The van der Waals surface area contributed by atoms with E-state index in [-0.39, 0.29) is 0 Å². The third-order valence-electron chi connectivity index (χ3n) is 4.53. The summed E-state index contributed by atoms with van der Waals surface area (Å²) >= 11 is 0. The summed E-state index contributed by atoms with van der Waals surface area (Å²) < 4.78 is 5.42. The van der Waals surface area contributed by atoms with Crippen molar-refractivity contribution in [2.45, 2.75) is 26.3 Å². The van der Waals surface area contributed by atoms with E-state index in [1.54, 1.807) is 0 Å². The summed E-state index contributed by atoms with van der Waals surface area (Å²) in [6.07, 6.45) is 3.57. The third-order valence-corrected chi connectivity index (χ3v) is 4.53. The highest BCUT2D eigenvalue weighted by Crippen LogP contribution is 2.25. The molecular formula is C18H26N2O. The van der Waals surface area contributed by atoms with Crippen LogP contribution in [-0.2, 0) is 4.74 Å². The van der Waals surface area contributed by atoms with E-state index in [1.165, 1.54) is 29.8 Å². The highest BCUT2D eigenvalue weighted by Gasteiger charge is 2.17. The molecule has 0 saturated carbocycles. The molecule has 0 N–H and O–H groups in total. The Hall–Kier alpha value is -1.32. The van der Waals surface area contributed by atoms with Crippen molar-refractivity contribution in [1.82, 2.24) is 4.90 Å². The number of ether oxygens (including phenoxy) is 1. The normalized spacial score (nSPS) is 20.7. The molecule has 0 bridgehead atoms. The lowest BCUT2D eigenvalue weighted by Crippen LogP contribution is -2.36. The minimum Gasteiger partial charge on any atom is -0.378 e. The van der Waals surface area contributed by atoms with Crippen molar-refractivity contribution < 1.29 is 4.74 Å². The van der Waals surface area contributed by atoms with Gasteiger partial charge in [0.15, 0.2) is 0 Å². The van der Waals surface area contributed by atoms with E-state index in [0.29, 0.717) is 6.04 Å². The third kappa shape index (κ3) is 3.47. The SMILES string of the molecule is CC(C)N1CCC=C(c2ccc(N3CCOCC3)cc2)C1. The number of morpholine rings is 1. The van der Waals surface area contributed by atoms with Crippen LogP contribution in [0.4, 0.5) is 5.69 Å². The Morgan fingerprint density at radius 1 is 1.00 bits per heavy atom. The first-order valence-electron chi connectivity index (χ1n) is 8.10. The standard InChI is InChI=1S/C18H26N2O/c1-15(2)20-9-3-4-17(14-20)16-5-7-18(8-6-16)19-10-12-21-13-11-19/h4-8,15H,3,9-14H2,1-2H3. The van der Waals surface area contributed by atoms with Gasteiger partial charge >= 0.3 is 0 Å². The minimum absolute atomic E-state index is 0.626. The molecule has 2 aliphatic heterocycles. The highest BCUT2D eigenvalue weighted by molar-refractivity contribution is 5.69. The van der Waals surface area contributed by atoms with Crippen LogP contribution in [0.15, 0.2) is 30.3 Å². The van der Waals surface area contributed by atoms with Crippen LogP contribution in [-0.4, -0.2) is 50.3 Å². The second-order valence-corrected chi connectivity index (χ2v) is 6.23. The summed E-state index contributed by atoms with van der Waals surface area (Å²) in [5.74, 6) is 0. The fourth-order valence-electron chi connectivity index (χ4n) is 3.12. The van der Waals surface area contributed by atoms with Gasteiger partial charge in [0.2, 0.25) is 0 Å². The fraction of sp³-hybridized carbons (Fsp3) is 0.556. The van der Waals surface area contributed by atoms with Gasteiger partial charge in [0.05, 0.1) is 13.2 Å². The lowest BCUT2D eigenvalue weighted by atomic mass is 10.00. The number of nitrogens with zero attached hydrogens (tertiary/aromatic N) is 2. The Labute approximate surface area is 128 Å². The van der Waals surface area contributed by atoms with Gasteiger partial charge in [-0.2, -0.15) is 0 Å². The summed E-state index contributed by atoms with van der Waals surface area (Å²) in [5.41, 5.74) is 4.17. The summed E-state index contributed by atoms with van der Waals surface area (Å²) in [6, 6.07) is 9.70. The molecule has 0 spiro atoms. The van der Waals surface area contributed by atoms with Crippen molar-refractivity contribution in [3.05, 3.63) is 35.9 Å². The van der Waals surface area contributed by atoms with E-state index in [2.05, 4.69) is 54.0 Å². The predicted molar refractivity (Wildman–Crippen MR) is 88.8 cm³/mol. The maximum absolute atomic E-state index is 5.42. The molecule has 0 aliphatic carbocycles. The van der Waals surface area contributed by atoms with Gasteiger partial charge in [0.25, 0.3) is 0 Å². The molecular weight excluding hydrogens is 260 g/mol. The lowest BCUT2D eigenvalue weighted by Gasteiger charge is -2.31. The topological polar surface area (TPSA) is 15.7 Å². The van der Waals surface area contributed by atoms with Crippen LogP contribution in [0.3, 0.4) is 0 Å². The van der Waals surface area contributed by atoms with Crippen molar-refractivity contribution in [3.8, 4) is 0 Å². The second-order valence-electron chi connectivity index (χ2n) is 6.23. The Kier molecular flexibility index (Phi) is 4.61. The van der Waals surface area contributed by atoms with Crippen LogP contribution in [0.1, 0.15) is 25.8 Å². The van der Waals surface area contributed by atoms with E-state index >= 15 is 0 Å². The Morgan fingerprint density at radius 3 is 2.38 bits per heavy atom. The predicted octanol–water partition coefficient (Wildman–Crippen LogP) is 3.02. The van der Waals surface area contributed by atoms with E-state index in [9.17, 15) is 0 Å². The van der Waals surface area contributed by atoms with Crippen LogP contribution < -0.4 is 4.90 Å². The van der Waals surface area contributed by atoms with Crippen LogP contribution in [0.25, 0.3) is 5.57 Å². The first-order valence-corrected chi connectivity index (χ1v) is 8.10. The van der Waals surface area contributed by atoms with Crippen molar-refractivity contribution in [3.63, 3.8) is 0 Å². The Morgan fingerprint density at radius 2 is 1.71 bits per heavy atom. The highest BCUT2D eigenvalue weighted by atomic mass is 16.5. The van der Waals surface area contributed by atoms with E-state index in [1.807, 2.05) is 0 Å². The lowest BCUT2D eigenvalue weighted by molar-refractivity contribution is 0.122. The molecule has 2 heterocycles. The van der Waals surface area contributed by atoms with Gasteiger partial charge in [-0.3, -0.25) is 4.90 Å². The number of benzene rings is 1. The zero-order chi connectivity index (χ0) is 14.7. The zero-order valence-corrected chi connectivity index (χ0v) is 13.2. The number of rotatable bonds is 3. The maximum Gasteiger partial charge on any atom is 0.0642 e.